The first-order valence-electron chi connectivity index (χ1n) is 9.12. The number of aromatic nitrogens is 3. The third-order valence-electron chi connectivity index (χ3n) is 5.10. The van der Waals surface area contributed by atoms with Crippen molar-refractivity contribution >= 4 is 30.7 Å². The van der Waals surface area contributed by atoms with Gasteiger partial charge in [-0.3, -0.25) is 4.79 Å². The molecule has 0 unspecified atom stereocenters. The highest BCUT2D eigenvalue weighted by molar-refractivity contribution is 5.94. The van der Waals surface area contributed by atoms with Crippen molar-refractivity contribution in [2.24, 2.45) is 5.73 Å². The molecule has 1 fully saturated rings. The highest BCUT2D eigenvalue weighted by Gasteiger charge is 2.34. The first kappa shape index (κ1) is 22.9. The summed E-state index contributed by atoms with van der Waals surface area (Å²) in [6.07, 6.45) is 1.62. The maximum Gasteiger partial charge on any atom is 0.255 e. The number of nitrogens with zero attached hydrogens (tertiary/aromatic N) is 4. The van der Waals surface area contributed by atoms with Gasteiger partial charge in [-0.15, -0.1) is 24.8 Å². The molecule has 0 radical (unpaired) electrons. The van der Waals surface area contributed by atoms with Gasteiger partial charge >= 0.3 is 0 Å². The summed E-state index contributed by atoms with van der Waals surface area (Å²) in [5, 5.41) is 4.43. The Bertz CT molecular complexity index is 959. The van der Waals surface area contributed by atoms with Crippen LogP contribution in [0, 0.1) is 13.8 Å². The third kappa shape index (κ3) is 4.61. The molecule has 0 aliphatic carbocycles. The topological polar surface area (TPSA) is 77.0 Å². The lowest BCUT2D eigenvalue weighted by molar-refractivity contribution is 0.0788. The fourth-order valence-electron chi connectivity index (χ4n) is 3.73. The van der Waals surface area contributed by atoms with Gasteiger partial charge in [-0.1, -0.05) is 30.3 Å². The van der Waals surface area contributed by atoms with Gasteiger partial charge in [0.2, 0.25) is 0 Å². The average molecular weight is 434 g/mol. The molecular weight excluding hydrogens is 409 g/mol. The maximum absolute atomic E-state index is 12.9. The zero-order valence-corrected chi connectivity index (χ0v) is 18.0. The normalized spacial score (nSPS) is 18.1. The van der Waals surface area contributed by atoms with E-state index in [4.69, 9.17) is 5.73 Å². The Hall–Kier alpha value is -2.41. The fourth-order valence-corrected chi connectivity index (χ4v) is 3.73. The van der Waals surface area contributed by atoms with Crippen LogP contribution in [0.2, 0.25) is 0 Å². The Kier molecular flexibility index (Phi) is 7.41. The van der Waals surface area contributed by atoms with Gasteiger partial charge in [-0.05, 0) is 37.6 Å². The average Bonchev–Trinajstić information content (AvgIpc) is 3.23. The van der Waals surface area contributed by atoms with E-state index < -0.39 is 0 Å². The number of pyridine rings is 1. The van der Waals surface area contributed by atoms with Gasteiger partial charge in [0.1, 0.15) is 0 Å². The number of nitrogens with two attached hydrogens (primary N) is 1. The van der Waals surface area contributed by atoms with Gasteiger partial charge in [-0.25, -0.2) is 9.67 Å². The molecule has 154 valence electrons. The van der Waals surface area contributed by atoms with Crippen LogP contribution in [0.4, 0.5) is 0 Å². The summed E-state index contributed by atoms with van der Waals surface area (Å²) in [5.41, 5.74) is 10.0. The van der Waals surface area contributed by atoms with E-state index in [1.807, 2.05) is 55.1 Å². The summed E-state index contributed by atoms with van der Waals surface area (Å²) in [5.74, 6) is 0.839. The Balaban J connectivity index is 0.00000150. The van der Waals surface area contributed by atoms with Crippen molar-refractivity contribution in [3.8, 4) is 5.82 Å². The lowest BCUT2D eigenvalue weighted by Gasteiger charge is -2.16. The molecule has 2 aromatic heterocycles. The van der Waals surface area contributed by atoms with Gasteiger partial charge in [0.05, 0.1) is 11.3 Å². The van der Waals surface area contributed by atoms with E-state index in [1.54, 1.807) is 10.9 Å². The molecular formula is C21H25Cl2N5O. The van der Waals surface area contributed by atoms with Crippen molar-refractivity contribution < 1.29 is 4.79 Å². The standard InChI is InChI=1S/C21H23N5O.2ClH/c1-14-10-15(2)26(24-14)20-9-8-17(11-23-20)21(27)25-12-18(19(22)13-25)16-6-4-3-5-7-16;;/h3-11,18-19H,12-13,22H2,1-2H3;2*1H/t18-,19+;;/m0../s1. The lowest BCUT2D eigenvalue weighted by Crippen LogP contribution is -2.32. The summed E-state index contributed by atoms with van der Waals surface area (Å²) in [6, 6.07) is 15.7. The molecule has 1 saturated heterocycles. The summed E-state index contributed by atoms with van der Waals surface area (Å²) < 4.78 is 1.78. The Morgan fingerprint density at radius 2 is 1.79 bits per heavy atom. The second kappa shape index (κ2) is 9.39. The number of rotatable bonds is 3. The Labute approximate surface area is 182 Å². The van der Waals surface area contributed by atoms with Crippen molar-refractivity contribution in [3.63, 3.8) is 0 Å². The summed E-state index contributed by atoms with van der Waals surface area (Å²) in [4.78, 5) is 19.2. The second-order valence-electron chi connectivity index (χ2n) is 7.14. The number of benzene rings is 1. The van der Waals surface area contributed by atoms with Crippen LogP contribution in [-0.2, 0) is 0 Å². The monoisotopic (exact) mass is 433 g/mol. The molecule has 2 atom stereocenters. The predicted octanol–water partition coefficient (Wildman–Crippen LogP) is 3.29. The minimum absolute atomic E-state index is 0. The third-order valence-corrected chi connectivity index (χ3v) is 5.10. The van der Waals surface area contributed by atoms with Crippen molar-refractivity contribution in [3.05, 3.63) is 77.2 Å². The van der Waals surface area contributed by atoms with Crippen LogP contribution in [0.25, 0.3) is 5.82 Å². The quantitative estimate of drug-likeness (QED) is 0.687. The smallest absolute Gasteiger partial charge is 0.255 e. The molecule has 2 N–H and O–H groups in total. The fraction of sp³-hybridized carbons (Fsp3) is 0.286. The van der Waals surface area contributed by atoms with E-state index in [0.717, 1.165) is 11.4 Å². The molecule has 6 nitrogen and oxygen atoms in total. The lowest BCUT2D eigenvalue weighted by atomic mass is 9.95. The van der Waals surface area contributed by atoms with Gasteiger partial charge in [-0.2, -0.15) is 5.10 Å². The highest BCUT2D eigenvalue weighted by Crippen LogP contribution is 2.27. The van der Waals surface area contributed by atoms with Crippen LogP contribution in [0.3, 0.4) is 0 Å². The van der Waals surface area contributed by atoms with Crippen molar-refractivity contribution in [1.82, 2.24) is 19.7 Å². The highest BCUT2D eigenvalue weighted by atomic mass is 35.5. The van der Waals surface area contributed by atoms with E-state index in [9.17, 15) is 4.79 Å². The van der Waals surface area contributed by atoms with Gasteiger partial charge in [0.15, 0.2) is 5.82 Å². The molecule has 4 rings (SSSR count). The Morgan fingerprint density at radius 3 is 2.38 bits per heavy atom. The zero-order chi connectivity index (χ0) is 19.0. The van der Waals surface area contributed by atoms with E-state index >= 15 is 0 Å². The van der Waals surface area contributed by atoms with Crippen molar-refractivity contribution in [2.75, 3.05) is 13.1 Å². The maximum atomic E-state index is 12.9. The molecule has 1 amide bonds. The summed E-state index contributed by atoms with van der Waals surface area (Å²) in [6.45, 7) is 5.11. The summed E-state index contributed by atoms with van der Waals surface area (Å²) in [7, 11) is 0. The first-order chi connectivity index (χ1) is 13.0. The number of likely N-dealkylation sites (tertiary alicyclic amines) is 1. The number of carbonyl (C=O) groups is 1. The molecule has 0 bridgehead atoms. The van der Waals surface area contributed by atoms with E-state index in [0.29, 0.717) is 24.5 Å². The summed E-state index contributed by atoms with van der Waals surface area (Å²) >= 11 is 0. The van der Waals surface area contributed by atoms with Gasteiger partial charge in [0.25, 0.3) is 5.91 Å². The van der Waals surface area contributed by atoms with Crippen molar-refractivity contribution in [2.45, 2.75) is 25.8 Å². The first-order valence-corrected chi connectivity index (χ1v) is 9.12. The van der Waals surface area contributed by atoms with Gasteiger partial charge in [0, 0.05) is 36.9 Å². The largest absolute Gasteiger partial charge is 0.336 e. The van der Waals surface area contributed by atoms with Gasteiger partial charge < -0.3 is 10.6 Å². The minimum Gasteiger partial charge on any atom is -0.336 e. The van der Waals surface area contributed by atoms with Crippen LogP contribution >= 0.6 is 24.8 Å². The van der Waals surface area contributed by atoms with E-state index in [-0.39, 0.29) is 42.7 Å². The van der Waals surface area contributed by atoms with Crippen LogP contribution in [0.5, 0.6) is 0 Å². The van der Waals surface area contributed by atoms with Crippen LogP contribution < -0.4 is 5.73 Å². The molecule has 0 saturated carbocycles. The Morgan fingerprint density at radius 1 is 1.07 bits per heavy atom. The molecule has 3 heterocycles. The molecule has 8 heteroatoms. The molecule has 0 spiro atoms. The van der Waals surface area contributed by atoms with Crippen LogP contribution in [0.15, 0.2) is 54.7 Å². The zero-order valence-electron chi connectivity index (χ0n) is 16.4. The molecule has 1 aliphatic rings. The molecule has 29 heavy (non-hydrogen) atoms. The predicted molar refractivity (Wildman–Crippen MR) is 118 cm³/mol. The van der Waals surface area contributed by atoms with Crippen LogP contribution in [-0.4, -0.2) is 44.7 Å². The number of halogens is 2. The van der Waals surface area contributed by atoms with Crippen molar-refractivity contribution in [1.29, 1.82) is 0 Å². The molecule has 1 aliphatic heterocycles. The van der Waals surface area contributed by atoms with E-state index in [2.05, 4.69) is 22.2 Å². The van der Waals surface area contributed by atoms with Crippen LogP contribution in [0.1, 0.15) is 33.2 Å². The second-order valence-corrected chi connectivity index (χ2v) is 7.14. The number of aryl methyl sites for hydroxylation is 2. The molecule has 3 aromatic rings. The van der Waals surface area contributed by atoms with E-state index in [1.165, 1.54) is 5.56 Å². The molecule has 1 aromatic carbocycles. The number of carbonyl (C=O) groups excluding carboxylic acids is 1. The SMILES string of the molecule is Cc1cc(C)n(-c2ccc(C(=O)N3C[C@@H](N)[C@H](c4ccccc4)C3)cn2)n1.Cl.Cl. The number of hydrogen-bond donors (Lipinski definition) is 1. The number of hydrogen-bond acceptors (Lipinski definition) is 4. The minimum atomic E-state index is -0.0571. The number of amides is 1.